The zero-order chi connectivity index (χ0) is 15.3. The molecule has 0 heterocycles. The molecule has 0 fully saturated rings. The van der Waals surface area contributed by atoms with Gasteiger partial charge in [-0.25, -0.2) is 8.93 Å². The van der Waals surface area contributed by atoms with Crippen molar-refractivity contribution < 1.29 is 17.4 Å². The van der Waals surface area contributed by atoms with E-state index in [-0.39, 0.29) is 0 Å². The molecule has 1 N–H and O–H groups in total. The average molecular weight is 304 g/mol. The van der Waals surface area contributed by atoms with E-state index in [1.54, 1.807) is 30.3 Å². The van der Waals surface area contributed by atoms with Crippen molar-refractivity contribution in [2.45, 2.75) is 37.4 Å². The molecule has 1 aromatic carbocycles. The van der Waals surface area contributed by atoms with Crippen molar-refractivity contribution in [2.24, 2.45) is 5.92 Å². The van der Waals surface area contributed by atoms with E-state index in [0.717, 1.165) is 5.56 Å². The van der Waals surface area contributed by atoms with Crippen molar-refractivity contribution >= 4 is 11.0 Å². The summed E-state index contributed by atoms with van der Waals surface area (Å²) in [5, 5.41) is 8.92. The Morgan fingerprint density at radius 2 is 1.90 bits per heavy atom. The molecule has 0 aliphatic carbocycles. The van der Waals surface area contributed by atoms with Gasteiger partial charge < -0.3 is 0 Å². The lowest BCUT2D eigenvalue weighted by atomic mass is 10.0. The summed E-state index contributed by atoms with van der Waals surface area (Å²) in [5.74, 6) is -0.977. The fourth-order valence-electron chi connectivity index (χ4n) is 1.60. The summed E-state index contributed by atoms with van der Waals surface area (Å²) < 4.78 is 51.3. The van der Waals surface area contributed by atoms with Crippen molar-refractivity contribution in [3.05, 3.63) is 29.8 Å². The maximum Gasteiger partial charge on any atom is 0.389 e. The van der Waals surface area contributed by atoms with E-state index in [1.807, 2.05) is 6.92 Å². The third kappa shape index (κ3) is 5.31. The molecule has 1 aromatic rings. The Hall–Kier alpha value is -1.39. The van der Waals surface area contributed by atoms with E-state index < -0.39 is 35.5 Å². The molecule has 0 saturated carbocycles. The molecule has 3 atom stereocenters. The number of aryl methyl sites for hydroxylation is 1. The van der Waals surface area contributed by atoms with Gasteiger partial charge in [0.1, 0.15) is 17.0 Å². The molecule has 7 heteroatoms. The van der Waals surface area contributed by atoms with E-state index in [2.05, 4.69) is 4.72 Å². The maximum atomic E-state index is 12.3. The van der Waals surface area contributed by atoms with Gasteiger partial charge in [-0.2, -0.15) is 18.4 Å². The van der Waals surface area contributed by atoms with Crippen molar-refractivity contribution in [1.82, 2.24) is 4.72 Å². The van der Waals surface area contributed by atoms with Crippen LogP contribution in [0.5, 0.6) is 0 Å². The lowest BCUT2D eigenvalue weighted by Crippen LogP contribution is -2.37. The minimum Gasteiger partial charge on any atom is -0.237 e. The molecule has 110 valence electrons. The molecule has 0 amide bonds. The molecule has 0 spiro atoms. The van der Waals surface area contributed by atoms with Gasteiger partial charge in [-0.05, 0) is 25.0 Å². The highest BCUT2D eigenvalue weighted by atomic mass is 32.2. The normalized spacial score (nSPS) is 16.2. The van der Waals surface area contributed by atoms with Gasteiger partial charge >= 0.3 is 6.18 Å². The van der Waals surface area contributed by atoms with Crippen LogP contribution in [0.4, 0.5) is 13.2 Å². The van der Waals surface area contributed by atoms with Crippen molar-refractivity contribution in [3.63, 3.8) is 0 Å². The third-order valence-electron chi connectivity index (χ3n) is 2.73. The fraction of sp³-hybridized carbons (Fsp3) is 0.462. The van der Waals surface area contributed by atoms with Gasteiger partial charge in [-0.3, -0.25) is 0 Å². The minimum absolute atomic E-state index is 0.426. The Bertz CT molecular complexity index is 508. The van der Waals surface area contributed by atoms with Crippen LogP contribution in [0.1, 0.15) is 18.9 Å². The molecule has 0 aliphatic heterocycles. The number of hydrogen-bond acceptors (Lipinski definition) is 2. The SMILES string of the molecule is Cc1ccc(S(=O)NC(C#N)C(C)CC(F)(F)F)cc1. The van der Waals surface area contributed by atoms with Crippen LogP contribution in [-0.2, 0) is 11.0 Å². The van der Waals surface area contributed by atoms with Gasteiger partial charge in [-0.15, -0.1) is 0 Å². The standard InChI is InChI=1S/C13H15F3N2OS/c1-9-3-5-11(6-4-9)20(19)18-12(8-17)10(2)7-13(14,15)16/h3-6,10,12,18H,7H2,1-2H3. The highest BCUT2D eigenvalue weighted by Crippen LogP contribution is 2.26. The molecule has 3 unspecified atom stereocenters. The van der Waals surface area contributed by atoms with Crippen molar-refractivity contribution in [1.29, 1.82) is 5.26 Å². The quantitative estimate of drug-likeness (QED) is 0.909. The van der Waals surface area contributed by atoms with E-state index in [4.69, 9.17) is 5.26 Å². The lowest BCUT2D eigenvalue weighted by Gasteiger charge is -2.19. The van der Waals surface area contributed by atoms with Crippen LogP contribution in [0, 0.1) is 24.2 Å². The Morgan fingerprint density at radius 1 is 1.35 bits per heavy atom. The molecule has 0 aliphatic rings. The fourth-order valence-corrected chi connectivity index (χ4v) is 2.63. The molecular weight excluding hydrogens is 289 g/mol. The third-order valence-corrected chi connectivity index (χ3v) is 3.90. The van der Waals surface area contributed by atoms with Crippen molar-refractivity contribution in [3.8, 4) is 6.07 Å². The van der Waals surface area contributed by atoms with Gasteiger partial charge in [-0.1, -0.05) is 24.6 Å². The number of halogens is 3. The first kappa shape index (κ1) is 16.7. The minimum atomic E-state index is -4.35. The highest BCUT2D eigenvalue weighted by molar-refractivity contribution is 7.83. The molecule has 1 rings (SSSR count). The maximum absolute atomic E-state index is 12.3. The Morgan fingerprint density at radius 3 is 2.35 bits per heavy atom. The number of nitrogens with one attached hydrogen (secondary N) is 1. The number of nitrogens with zero attached hydrogens (tertiary/aromatic N) is 1. The van der Waals surface area contributed by atoms with E-state index in [9.17, 15) is 17.4 Å². The largest absolute Gasteiger partial charge is 0.389 e. The first-order valence-corrected chi connectivity index (χ1v) is 7.09. The van der Waals surface area contributed by atoms with Crippen LogP contribution in [0.25, 0.3) is 0 Å². The molecule has 0 bridgehead atoms. The zero-order valence-corrected chi connectivity index (χ0v) is 11.9. The molecule has 0 radical (unpaired) electrons. The van der Waals surface area contributed by atoms with Crippen LogP contribution >= 0.6 is 0 Å². The lowest BCUT2D eigenvalue weighted by molar-refractivity contribution is -0.143. The second-order valence-corrected chi connectivity index (χ2v) is 5.85. The molecule has 3 nitrogen and oxygen atoms in total. The second kappa shape index (κ2) is 6.86. The van der Waals surface area contributed by atoms with E-state index in [0.29, 0.717) is 4.90 Å². The van der Waals surface area contributed by atoms with E-state index >= 15 is 0 Å². The first-order valence-electron chi connectivity index (χ1n) is 5.94. The molecule has 0 saturated heterocycles. The summed E-state index contributed by atoms with van der Waals surface area (Å²) in [6.45, 7) is 3.17. The highest BCUT2D eigenvalue weighted by Gasteiger charge is 2.34. The number of nitriles is 1. The summed E-state index contributed by atoms with van der Waals surface area (Å²) in [4.78, 5) is 0.426. The summed E-state index contributed by atoms with van der Waals surface area (Å²) in [5.41, 5.74) is 0.980. The van der Waals surface area contributed by atoms with Crippen molar-refractivity contribution in [2.75, 3.05) is 0 Å². The summed E-state index contributed by atoms with van der Waals surface area (Å²) in [6.07, 6.45) is -5.44. The summed E-state index contributed by atoms with van der Waals surface area (Å²) in [7, 11) is -1.71. The van der Waals surface area contributed by atoms with Gasteiger partial charge in [0.05, 0.1) is 11.0 Å². The predicted molar refractivity (Wildman–Crippen MR) is 70.0 cm³/mol. The molecule has 0 aromatic heterocycles. The molecular formula is C13H15F3N2OS. The van der Waals surface area contributed by atoms with Crippen LogP contribution < -0.4 is 4.72 Å². The number of benzene rings is 1. The van der Waals surface area contributed by atoms with Crippen LogP contribution in [-0.4, -0.2) is 16.4 Å². The monoisotopic (exact) mass is 304 g/mol. The zero-order valence-electron chi connectivity index (χ0n) is 11.1. The van der Waals surface area contributed by atoms with Crippen LogP contribution in [0.15, 0.2) is 29.2 Å². The topological polar surface area (TPSA) is 52.9 Å². The first-order chi connectivity index (χ1) is 9.23. The smallest absolute Gasteiger partial charge is 0.237 e. The second-order valence-electron chi connectivity index (χ2n) is 4.60. The van der Waals surface area contributed by atoms with Crippen LogP contribution in [0.3, 0.4) is 0 Å². The Labute approximate surface area is 118 Å². The van der Waals surface area contributed by atoms with Gasteiger partial charge in [0.25, 0.3) is 0 Å². The van der Waals surface area contributed by atoms with Gasteiger partial charge in [0.2, 0.25) is 0 Å². The van der Waals surface area contributed by atoms with E-state index in [1.165, 1.54) is 6.92 Å². The van der Waals surface area contributed by atoms with Gasteiger partial charge in [0.15, 0.2) is 0 Å². The Balaban J connectivity index is 2.71. The van der Waals surface area contributed by atoms with Crippen LogP contribution in [0.2, 0.25) is 0 Å². The number of rotatable bonds is 5. The Kier molecular flexibility index (Phi) is 5.72. The predicted octanol–water partition coefficient (Wildman–Crippen LogP) is 3.09. The summed E-state index contributed by atoms with van der Waals surface area (Å²) >= 11 is 0. The number of alkyl halides is 3. The number of hydrogen-bond donors (Lipinski definition) is 1. The van der Waals surface area contributed by atoms with Gasteiger partial charge in [0, 0.05) is 6.42 Å². The average Bonchev–Trinajstić information content (AvgIpc) is 2.34. The molecule has 20 heavy (non-hydrogen) atoms. The summed E-state index contributed by atoms with van der Waals surface area (Å²) in [6, 6.07) is 7.32.